The highest BCUT2D eigenvalue weighted by Gasteiger charge is 2.04. The molecule has 0 aliphatic heterocycles. The molecule has 0 N–H and O–H groups in total. The van der Waals surface area contributed by atoms with Gasteiger partial charge in [-0.1, -0.05) is 35.9 Å². The van der Waals surface area contributed by atoms with Crippen LogP contribution in [0.25, 0.3) is 10.1 Å². The summed E-state index contributed by atoms with van der Waals surface area (Å²) >= 11 is 7.72. The van der Waals surface area contributed by atoms with Crippen molar-refractivity contribution in [2.75, 3.05) is 0 Å². The number of thiophene rings is 1. The zero-order chi connectivity index (χ0) is 13.2. The van der Waals surface area contributed by atoms with E-state index in [1.54, 1.807) is 11.3 Å². The quantitative estimate of drug-likeness (QED) is 0.623. The van der Waals surface area contributed by atoms with Crippen LogP contribution in [0.1, 0.15) is 10.4 Å². The summed E-state index contributed by atoms with van der Waals surface area (Å²) in [5.74, 6) is 0.943. The van der Waals surface area contributed by atoms with E-state index in [-0.39, 0.29) is 0 Å². The van der Waals surface area contributed by atoms with Crippen molar-refractivity contribution in [1.29, 1.82) is 0 Å². The minimum Gasteiger partial charge on any atom is -0.488 e. The SMILES string of the molecule is Cc1ccccc1OCc1cc2ccc(Cl)cc2s1. The minimum absolute atomic E-state index is 0.599. The van der Waals surface area contributed by atoms with Crippen molar-refractivity contribution in [1.82, 2.24) is 0 Å². The summed E-state index contributed by atoms with van der Waals surface area (Å²) in [4.78, 5) is 1.21. The van der Waals surface area contributed by atoms with E-state index in [9.17, 15) is 0 Å². The monoisotopic (exact) mass is 288 g/mol. The van der Waals surface area contributed by atoms with Gasteiger partial charge in [0.1, 0.15) is 12.4 Å². The van der Waals surface area contributed by atoms with Crippen LogP contribution in [0.15, 0.2) is 48.5 Å². The van der Waals surface area contributed by atoms with Gasteiger partial charge < -0.3 is 4.74 Å². The molecule has 96 valence electrons. The normalized spacial score (nSPS) is 10.8. The number of hydrogen-bond donors (Lipinski definition) is 0. The molecule has 0 aliphatic rings. The molecule has 0 bridgehead atoms. The highest BCUT2D eigenvalue weighted by atomic mass is 35.5. The topological polar surface area (TPSA) is 9.23 Å². The number of benzene rings is 2. The van der Waals surface area contributed by atoms with Gasteiger partial charge in [-0.15, -0.1) is 11.3 Å². The molecule has 1 aromatic heterocycles. The number of para-hydroxylation sites is 1. The van der Waals surface area contributed by atoms with Crippen LogP contribution in [0.2, 0.25) is 5.02 Å². The van der Waals surface area contributed by atoms with E-state index in [1.165, 1.54) is 15.0 Å². The van der Waals surface area contributed by atoms with E-state index in [2.05, 4.69) is 19.1 Å². The summed E-state index contributed by atoms with van der Waals surface area (Å²) in [5.41, 5.74) is 1.16. The Kier molecular flexibility index (Phi) is 3.45. The zero-order valence-electron chi connectivity index (χ0n) is 10.5. The number of fused-ring (bicyclic) bond motifs is 1. The second kappa shape index (κ2) is 5.24. The standard InChI is InChI=1S/C16H13ClOS/c1-11-4-2-3-5-15(11)18-10-14-8-12-6-7-13(17)9-16(12)19-14/h2-9H,10H2,1H3. The van der Waals surface area contributed by atoms with Crippen molar-refractivity contribution in [3.8, 4) is 5.75 Å². The number of halogens is 1. The Labute approximate surface area is 121 Å². The Morgan fingerprint density at radius 3 is 2.79 bits per heavy atom. The van der Waals surface area contributed by atoms with Gasteiger partial charge in [0.25, 0.3) is 0 Å². The average Bonchev–Trinajstić information content (AvgIpc) is 2.79. The smallest absolute Gasteiger partial charge is 0.122 e. The van der Waals surface area contributed by atoms with Crippen LogP contribution in [-0.4, -0.2) is 0 Å². The molecular weight excluding hydrogens is 276 g/mol. The summed E-state index contributed by atoms with van der Waals surface area (Å²) in [6.07, 6.45) is 0. The van der Waals surface area contributed by atoms with E-state index in [4.69, 9.17) is 16.3 Å². The highest BCUT2D eigenvalue weighted by Crippen LogP contribution is 2.29. The fraction of sp³-hybridized carbons (Fsp3) is 0.125. The molecule has 0 saturated carbocycles. The third-order valence-corrected chi connectivity index (χ3v) is 4.30. The molecule has 3 aromatic rings. The molecule has 0 aliphatic carbocycles. The Bertz CT molecular complexity index is 718. The second-order valence-electron chi connectivity index (χ2n) is 4.45. The van der Waals surface area contributed by atoms with Gasteiger partial charge in [-0.05, 0) is 42.1 Å². The Morgan fingerprint density at radius 2 is 1.95 bits per heavy atom. The molecule has 1 heterocycles. The van der Waals surface area contributed by atoms with Gasteiger partial charge in [0.15, 0.2) is 0 Å². The largest absolute Gasteiger partial charge is 0.488 e. The van der Waals surface area contributed by atoms with Crippen molar-refractivity contribution in [2.45, 2.75) is 13.5 Å². The van der Waals surface area contributed by atoms with Crippen LogP contribution in [0.4, 0.5) is 0 Å². The minimum atomic E-state index is 0.599. The van der Waals surface area contributed by atoms with Crippen molar-refractivity contribution < 1.29 is 4.74 Å². The lowest BCUT2D eigenvalue weighted by atomic mass is 10.2. The van der Waals surface area contributed by atoms with Gasteiger partial charge in [-0.3, -0.25) is 0 Å². The number of hydrogen-bond acceptors (Lipinski definition) is 2. The molecule has 0 radical (unpaired) electrons. The summed E-state index contributed by atoms with van der Waals surface area (Å²) < 4.78 is 7.06. The maximum absolute atomic E-state index is 6.00. The third kappa shape index (κ3) is 2.75. The van der Waals surface area contributed by atoms with Crippen LogP contribution in [0.3, 0.4) is 0 Å². The molecule has 19 heavy (non-hydrogen) atoms. The Balaban J connectivity index is 1.80. The summed E-state index contributed by atoms with van der Waals surface area (Å²) in [6, 6.07) is 16.2. The molecule has 2 aromatic carbocycles. The van der Waals surface area contributed by atoms with Gasteiger partial charge in [-0.2, -0.15) is 0 Å². The van der Waals surface area contributed by atoms with Gasteiger partial charge >= 0.3 is 0 Å². The molecule has 0 saturated heterocycles. The number of aryl methyl sites for hydroxylation is 1. The Morgan fingerprint density at radius 1 is 1.11 bits per heavy atom. The molecule has 0 spiro atoms. The van der Waals surface area contributed by atoms with E-state index in [1.807, 2.05) is 36.4 Å². The van der Waals surface area contributed by atoms with Gasteiger partial charge in [0, 0.05) is 14.6 Å². The van der Waals surface area contributed by atoms with Crippen molar-refractivity contribution in [3.05, 3.63) is 64.0 Å². The van der Waals surface area contributed by atoms with Gasteiger partial charge in [-0.25, -0.2) is 0 Å². The maximum atomic E-state index is 6.00. The molecule has 1 nitrogen and oxygen atoms in total. The summed E-state index contributed by atoms with van der Waals surface area (Å²) in [5, 5.41) is 2.00. The first-order chi connectivity index (χ1) is 9.22. The second-order valence-corrected chi connectivity index (χ2v) is 6.05. The van der Waals surface area contributed by atoms with Crippen LogP contribution in [0, 0.1) is 6.92 Å². The molecule has 0 unspecified atom stereocenters. The number of ether oxygens (including phenoxy) is 1. The predicted octanol–water partition coefficient (Wildman–Crippen LogP) is 5.44. The Hall–Kier alpha value is -1.51. The summed E-state index contributed by atoms with van der Waals surface area (Å²) in [7, 11) is 0. The number of rotatable bonds is 3. The first-order valence-corrected chi connectivity index (χ1v) is 7.28. The lowest BCUT2D eigenvalue weighted by Gasteiger charge is -2.06. The maximum Gasteiger partial charge on any atom is 0.122 e. The van der Waals surface area contributed by atoms with E-state index in [0.29, 0.717) is 6.61 Å². The highest BCUT2D eigenvalue weighted by molar-refractivity contribution is 7.19. The van der Waals surface area contributed by atoms with Crippen molar-refractivity contribution in [3.63, 3.8) is 0 Å². The average molecular weight is 289 g/mol. The van der Waals surface area contributed by atoms with Crippen LogP contribution < -0.4 is 4.74 Å². The molecule has 3 heteroatoms. The lowest BCUT2D eigenvalue weighted by molar-refractivity contribution is 0.308. The van der Waals surface area contributed by atoms with Crippen LogP contribution in [-0.2, 0) is 6.61 Å². The van der Waals surface area contributed by atoms with Gasteiger partial charge in [0.2, 0.25) is 0 Å². The summed E-state index contributed by atoms with van der Waals surface area (Å²) in [6.45, 7) is 2.65. The van der Waals surface area contributed by atoms with E-state index in [0.717, 1.165) is 16.3 Å². The van der Waals surface area contributed by atoms with Crippen LogP contribution in [0.5, 0.6) is 5.75 Å². The third-order valence-electron chi connectivity index (χ3n) is 3.00. The molecule has 3 rings (SSSR count). The van der Waals surface area contributed by atoms with Crippen molar-refractivity contribution in [2.24, 2.45) is 0 Å². The molecule has 0 atom stereocenters. The molecule has 0 amide bonds. The van der Waals surface area contributed by atoms with Crippen molar-refractivity contribution >= 4 is 33.0 Å². The lowest BCUT2D eigenvalue weighted by Crippen LogP contribution is -1.94. The fourth-order valence-corrected chi connectivity index (χ4v) is 3.25. The zero-order valence-corrected chi connectivity index (χ0v) is 12.1. The predicted molar refractivity (Wildman–Crippen MR) is 82.3 cm³/mol. The first-order valence-electron chi connectivity index (χ1n) is 6.09. The fourth-order valence-electron chi connectivity index (χ4n) is 2.00. The molecular formula is C16H13ClOS. The molecule has 0 fully saturated rings. The van der Waals surface area contributed by atoms with E-state index < -0.39 is 0 Å². The first kappa shape index (κ1) is 12.5. The van der Waals surface area contributed by atoms with Gasteiger partial charge in [0.05, 0.1) is 0 Å². The van der Waals surface area contributed by atoms with E-state index >= 15 is 0 Å². The van der Waals surface area contributed by atoms with Crippen LogP contribution >= 0.6 is 22.9 Å².